The second-order valence-corrected chi connectivity index (χ2v) is 6.63. The summed E-state index contributed by atoms with van der Waals surface area (Å²) in [6.45, 7) is 4.73. The van der Waals surface area contributed by atoms with E-state index in [1.807, 2.05) is 44.2 Å². The highest BCUT2D eigenvalue weighted by Gasteiger charge is 2.19. The van der Waals surface area contributed by atoms with Gasteiger partial charge in [0.2, 0.25) is 0 Å². The molecule has 2 N–H and O–H groups in total. The zero-order valence-corrected chi connectivity index (χ0v) is 14.8. The number of hydrogen-bond acceptors (Lipinski definition) is 4. The number of rotatable bonds is 0. The van der Waals surface area contributed by atoms with Crippen molar-refractivity contribution in [2.75, 3.05) is 13.2 Å². The summed E-state index contributed by atoms with van der Waals surface area (Å²) < 4.78 is 11.7. The predicted molar refractivity (Wildman–Crippen MR) is 101 cm³/mol. The fourth-order valence-electron chi connectivity index (χ4n) is 3.27. The van der Waals surface area contributed by atoms with Gasteiger partial charge in [0.15, 0.2) is 0 Å². The van der Waals surface area contributed by atoms with Crippen molar-refractivity contribution in [2.45, 2.75) is 26.4 Å². The fourth-order valence-corrected chi connectivity index (χ4v) is 3.27. The van der Waals surface area contributed by atoms with Crippen molar-refractivity contribution >= 4 is 29.1 Å². The molecule has 0 fully saturated rings. The van der Waals surface area contributed by atoms with E-state index in [9.17, 15) is 4.79 Å². The quantitative estimate of drug-likeness (QED) is 0.758. The van der Waals surface area contributed by atoms with E-state index in [4.69, 9.17) is 9.47 Å². The number of nitrogens with one attached hydrogen (secondary N) is 2. The average Bonchev–Trinajstić information content (AvgIpc) is 3.02. The molecule has 1 atom stereocenters. The van der Waals surface area contributed by atoms with Crippen LogP contribution in [0.25, 0.3) is 23.1 Å². The summed E-state index contributed by atoms with van der Waals surface area (Å²) in [6.07, 6.45) is 10.0. The minimum atomic E-state index is -0.416. The van der Waals surface area contributed by atoms with E-state index in [2.05, 4.69) is 21.6 Å². The molecule has 0 saturated heterocycles. The molecule has 26 heavy (non-hydrogen) atoms. The summed E-state index contributed by atoms with van der Waals surface area (Å²) in [4.78, 5) is 11.9. The molecule has 1 aliphatic heterocycles. The van der Waals surface area contributed by atoms with Gasteiger partial charge in [-0.25, -0.2) is 4.79 Å². The first kappa shape index (κ1) is 16.4. The largest absolute Gasteiger partial charge is 0.490 e. The Morgan fingerprint density at radius 3 is 3.00 bits per heavy atom. The Morgan fingerprint density at radius 1 is 1.27 bits per heavy atom. The summed E-state index contributed by atoms with van der Waals surface area (Å²) in [7, 11) is 0. The SMILES string of the molecule is Cc1cc2[nH]nc3c2c2c1O[C@H](C)CCNC(=O)OCC(=C2)C=CC=C3. The zero-order valence-electron chi connectivity index (χ0n) is 14.8. The van der Waals surface area contributed by atoms with Crippen molar-refractivity contribution in [1.29, 1.82) is 0 Å². The Balaban J connectivity index is 1.96. The van der Waals surface area contributed by atoms with Gasteiger partial charge in [0.25, 0.3) is 0 Å². The van der Waals surface area contributed by atoms with Gasteiger partial charge < -0.3 is 14.8 Å². The van der Waals surface area contributed by atoms with Crippen LogP contribution in [0, 0.1) is 6.92 Å². The first-order valence-corrected chi connectivity index (χ1v) is 8.76. The molecular weight excluding hydrogens is 330 g/mol. The topological polar surface area (TPSA) is 76.2 Å². The molecule has 1 aromatic heterocycles. The molecule has 134 valence electrons. The minimum Gasteiger partial charge on any atom is -0.490 e. The third-order valence-corrected chi connectivity index (χ3v) is 4.57. The Hall–Kier alpha value is -3.02. The number of aromatic nitrogens is 2. The number of allylic oxidation sites excluding steroid dienone is 2. The van der Waals surface area contributed by atoms with Crippen LogP contribution in [0.4, 0.5) is 4.79 Å². The van der Waals surface area contributed by atoms with Crippen LogP contribution >= 0.6 is 0 Å². The van der Waals surface area contributed by atoms with Crippen molar-refractivity contribution in [3.8, 4) is 5.75 Å². The van der Waals surface area contributed by atoms with E-state index in [-0.39, 0.29) is 12.7 Å². The van der Waals surface area contributed by atoms with Gasteiger partial charge in [-0.1, -0.05) is 18.2 Å². The van der Waals surface area contributed by atoms with E-state index in [0.717, 1.165) is 39.0 Å². The summed E-state index contributed by atoms with van der Waals surface area (Å²) >= 11 is 0. The van der Waals surface area contributed by atoms with Crippen LogP contribution in [-0.4, -0.2) is 35.5 Å². The molecule has 6 nitrogen and oxygen atoms in total. The molecule has 0 radical (unpaired) electrons. The number of amides is 1. The Kier molecular flexibility index (Phi) is 4.24. The highest BCUT2D eigenvalue weighted by molar-refractivity contribution is 5.98. The van der Waals surface area contributed by atoms with Crippen LogP contribution < -0.4 is 10.1 Å². The van der Waals surface area contributed by atoms with Crippen molar-refractivity contribution in [3.63, 3.8) is 0 Å². The van der Waals surface area contributed by atoms with Crippen LogP contribution in [0.2, 0.25) is 0 Å². The van der Waals surface area contributed by atoms with E-state index in [0.29, 0.717) is 13.0 Å². The molecule has 0 unspecified atom stereocenters. The summed E-state index contributed by atoms with van der Waals surface area (Å²) in [5.41, 5.74) is 4.70. The Bertz CT molecular complexity index is 953. The molecule has 0 saturated carbocycles. The number of alkyl carbamates (subject to hydrolysis) is 1. The summed E-state index contributed by atoms with van der Waals surface area (Å²) in [6, 6.07) is 2.06. The van der Waals surface area contributed by atoms with Crippen LogP contribution in [0.5, 0.6) is 5.75 Å². The number of ether oxygens (including phenoxy) is 2. The summed E-state index contributed by atoms with van der Waals surface area (Å²) in [5.74, 6) is 0.848. The molecule has 6 heteroatoms. The first-order valence-electron chi connectivity index (χ1n) is 8.76. The fraction of sp³-hybridized carbons (Fsp3) is 0.300. The maximum Gasteiger partial charge on any atom is 0.407 e. The second-order valence-electron chi connectivity index (χ2n) is 6.63. The van der Waals surface area contributed by atoms with E-state index < -0.39 is 6.09 Å². The third-order valence-electron chi connectivity index (χ3n) is 4.57. The number of nitrogens with zero attached hydrogens (tertiary/aromatic N) is 1. The van der Waals surface area contributed by atoms with Gasteiger partial charge in [0.1, 0.15) is 12.4 Å². The first-order chi connectivity index (χ1) is 12.6. The highest BCUT2D eigenvalue weighted by Crippen LogP contribution is 2.36. The van der Waals surface area contributed by atoms with E-state index in [1.165, 1.54) is 0 Å². The Labute approximate surface area is 151 Å². The standard InChI is InChI=1S/C20H21N3O3/c1-12-9-17-18-15-10-14(5-3-4-6-16(18)22-23-17)11-25-20(24)21-8-7-13(2)26-19(12)15/h3-6,9-10,13H,7-8,11H2,1-2H3,(H,21,24)(H,22,23)/t13-/m1/s1. The monoisotopic (exact) mass is 351 g/mol. The molecule has 2 aliphatic rings. The lowest BCUT2D eigenvalue weighted by atomic mass is 10.00. The molecule has 2 aromatic rings. The van der Waals surface area contributed by atoms with Gasteiger partial charge in [-0.15, -0.1) is 0 Å². The van der Waals surface area contributed by atoms with Crippen LogP contribution in [-0.2, 0) is 4.74 Å². The second kappa shape index (κ2) is 6.71. The molecule has 4 rings (SSSR count). The summed E-state index contributed by atoms with van der Waals surface area (Å²) in [5, 5.41) is 11.3. The predicted octanol–water partition coefficient (Wildman–Crippen LogP) is 3.73. The molecule has 1 aromatic carbocycles. The average molecular weight is 351 g/mol. The lowest BCUT2D eigenvalue weighted by Crippen LogP contribution is -2.29. The Morgan fingerprint density at radius 2 is 2.12 bits per heavy atom. The van der Waals surface area contributed by atoms with Crippen molar-refractivity contribution in [1.82, 2.24) is 15.5 Å². The molecule has 2 bridgehead atoms. The van der Waals surface area contributed by atoms with Crippen LogP contribution in [0.3, 0.4) is 0 Å². The highest BCUT2D eigenvalue weighted by atomic mass is 16.5. The molecule has 1 aliphatic carbocycles. The van der Waals surface area contributed by atoms with Crippen molar-refractivity contribution in [2.24, 2.45) is 0 Å². The van der Waals surface area contributed by atoms with Gasteiger partial charge in [-0.05, 0) is 43.2 Å². The molecule has 2 heterocycles. The number of aromatic amines is 1. The van der Waals surface area contributed by atoms with Gasteiger partial charge in [0.05, 0.1) is 17.3 Å². The van der Waals surface area contributed by atoms with Crippen molar-refractivity contribution in [3.05, 3.63) is 46.7 Å². The third kappa shape index (κ3) is 3.10. The maximum absolute atomic E-state index is 11.9. The van der Waals surface area contributed by atoms with Crippen molar-refractivity contribution < 1.29 is 14.3 Å². The molecular formula is C20H21N3O3. The van der Waals surface area contributed by atoms with E-state index in [1.54, 1.807) is 0 Å². The minimum absolute atomic E-state index is 0.0481. The normalized spacial score (nSPS) is 20.0. The number of hydrogen-bond donors (Lipinski definition) is 2. The molecule has 0 spiro atoms. The van der Waals surface area contributed by atoms with Gasteiger partial charge >= 0.3 is 6.09 Å². The zero-order chi connectivity index (χ0) is 18.1. The molecule has 1 amide bonds. The number of benzene rings is 1. The number of carbonyl (C=O) groups is 1. The van der Waals surface area contributed by atoms with E-state index >= 15 is 0 Å². The number of carbonyl (C=O) groups excluding carboxylic acids is 1. The maximum atomic E-state index is 11.9. The van der Waals surface area contributed by atoms with Gasteiger partial charge in [-0.3, -0.25) is 5.10 Å². The number of aryl methyl sites for hydroxylation is 1. The van der Waals surface area contributed by atoms with Crippen LogP contribution in [0.15, 0.2) is 29.9 Å². The lowest BCUT2D eigenvalue weighted by Gasteiger charge is -2.21. The number of H-pyrrole nitrogens is 1. The van der Waals surface area contributed by atoms with Gasteiger partial charge in [-0.2, -0.15) is 5.10 Å². The smallest absolute Gasteiger partial charge is 0.407 e. The van der Waals surface area contributed by atoms with Crippen LogP contribution in [0.1, 0.15) is 30.2 Å². The number of cyclic esters (lactones) is 1. The van der Waals surface area contributed by atoms with Gasteiger partial charge in [0, 0.05) is 23.9 Å². The lowest BCUT2D eigenvalue weighted by molar-refractivity contribution is 0.153.